The molecule has 0 aliphatic carbocycles. The van der Waals surface area contributed by atoms with Gasteiger partial charge in [0.15, 0.2) is 8.07 Å². The summed E-state index contributed by atoms with van der Waals surface area (Å²) in [6, 6.07) is 33.0. The van der Waals surface area contributed by atoms with Gasteiger partial charge in [-0.2, -0.15) is 0 Å². The molecule has 51 heavy (non-hydrogen) atoms. The summed E-state index contributed by atoms with van der Waals surface area (Å²) in [6.07, 6.45) is 0. The number of rotatable bonds is 7. The largest absolute Gasteiger partial charge is 0.207 e. The highest BCUT2D eigenvalue weighted by Crippen LogP contribution is 2.26. The van der Waals surface area contributed by atoms with Crippen LogP contribution >= 0.6 is 0 Å². The molecule has 0 bridgehead atoms. The second kappa shape index (κ2) is 13.5. The van der Waals surface area contributed by atoms with Gasteiger partial charge in [-0.25, -0.2) is 35.1 Å². The number of benzene rings is 7. The topological polar surface area (TPSA) is 0 Å². The molecule has 0 nitrogen and oxygen atoms in total. The van der Waals surface area contributed by atoms with E-state index < -0.39 is 54.6 Å². The fourth-order valence-corrected chi connectivity index (χ4v) is 11.4. The molecule has 0 saturated carbocycles. The fraction of sp³-hybridized carbons (Fsp3) is 0. The highest BCUT2D eigenvalue weighted by Gasteiger charge is 2.42. The van der Waals surface area contributed by atoms with Crippen LogP contribution in [0.1, 0.15) is 0 Å². The molecule has 0 aliphatic rings. The van der Waals surface area contributed by atoms with Crippen LogP contribution in [-0.2, 0) is 0 Å². The molecule has 0 amide bonds. The monoisotopic (exact) mass is 708 g/mol. The molecule has 7 aromatic rings. The predicted molar refractivity (Wildman–Crippen MR) is 186 cm³/mol. The lowest BCUT2D eigenvalue weighted by Gasteiger charge is -2.35. The predicted octanol–water partition coefficient (Wildman–Crippen LogP) is 9.18. The van der Waals surface area contributed by atoms with Gasteiger partial charge in [0.1, 0.15) is 46.5 Å². The molecule has 0 radical (unpaired) electrons. The van der Waals surface area contributed by atoms with E-state index >= 15 is 8.78 Å². The van der Waals surface area contributed by atoms with Crippen LogP contribution in [0.5, 0.6) is 0 Å². The summed E-state index contributed by atoms with van der Waals surface area (Å²) in [5, 5.41) is 2.19. The smallest absolute Gasteiger partial charge is 0.179 e. The SMILES string of the molecule is Fc1cc(F)cc(-c2ccc([Si](c3ccc(-c4cc(F)cc(F)c4)cc3)(c3ccc(-c4cc(F)cc(F)c4)cc3)c3cc(F)cc(F)c3)cc2)c1. The lowest BCUT2D eigenvalue weighted by molar-refractivity contribution is 0.583. The molecule has 0 N–H and O–H groups in total. The van der Waals surface area contributed by atoms with Crippen molar-refractivity contribution < 1.29 is 35.1 Å². The summed E-state index contributed by atoms with van der Waals surface area (Å²) < 4.78 is 115. The summed E-state index contributed by atoms with van der Waals surface area (Å²) in [4.78, 5) is 0. The van der Waals surface area contributed by atoms with Crippen molar-refractivity contribution in [2.45, 2.75) is 0 Å². The quantitative estimate of drug-likeness (QED) is 0.0881. The first-order valence-electron chi connectivity index (χ1n) is 15.7. The van der Waals surface area contributed by atoms with Crippen molar-refractivity contribution >= 4 is 28.8 Å². The van der Waals surface area contributed by atoms with E-state index in [0.29, 0.717) is 37.4 Å². The van der Waals surface area contributed by atoms with Crippen LogP contribution < -0.4 is 20.7 Å². The first-order valence-corrected chi connectivity index (χ1v) is 17.7. The molecule has 7 aromatic carbocycles. The third-order valence-corrected chi connectivity index (χ3v) is 13.6. The van der Waals surface area contributed by atoms with Crippen LogP contribution in [0.4, 0.5) is 35.1 Å². The molecule has 0 saturated heterocycles. The van der Waals surface area contributed by atoms with Crippen molar-refractivity contribution in [2.24, 2.45) is 0 Å². The second-order valence-corrected chi connectivity index (χ2v) is 15.9. The van der Waals surface area contributed by atoms with Crippen LogP contribution in [0, 0.1) is 46.5 Å². The minimum absolute atomic E-state index is 0.279. The summed E-state index contributed by atoms with van der Waals surface area (Å²) in [5.41, 5.74) is 2.29. The molecule has 0 atom stereocenters. The average molecular weight is 709 g/mol. The van der Waals surface area contributed by atoms with Gasteiger partial charge in [-0.05, 0) is 103 Å². The van der Waals surface area contributed by atoms with Crippen LogP contribution in [0.15, 0.2) is 146 Å². The Bertz CT molecular complexity index is 2080. The Hall–Kier alpha value is -5.80. The maximum absolute atomic E-state index is 15.2. The van der Waals surface area contributed by atoms with Crippen LogP contribution in [-0.4, -0.2) is 8.07 Å². The standard InChI is InChI=1S/C42H24F8Si/c43-31-13-28(14-32(44)19-31)25-1-7-39(8-2-25)51(42-23-37(49)22-38(50)24-42,40-9-3-26(4-10-40)29-15-33(45)20-34(46)16-29)41-11-5-27(6-12-41)30-17-35(47)21-36(48)18-30/h1-24H. The van der Waals surface area contributed by atoms with Crippen LogP contribution in [0.3, 0.4) is 0 Å². The van der Waals surface area contributed by atoms with Crippen molar-refractivity contribution in [1.82, 2.24) is 0 Å². The zero-order valence-electron chi connectivity index (χ0n) is 26.4. The molecule has 0 unspecified atom stereocenters. The molecule has 252 valence electrons. The Morgan fingerprint density at radius 1 is 0.216 bits per heavy atom. The van der Waals surface area contributed by atoms with E-state index in [0.717, 1.165) is 24.3 Å². The molecule has 0 aliphatic heterocycles. The Morgan fingerprint density at radius 3 is 0.667 bits per heavy atom. The van der Waals surface area contributed by atoms with E-state index in [1.807, 2.05) is 0 Å². The molecule has 0 heterocycles. The number of hydrogen-bond acceptors (Lipinski definition) is 0. The Balaban J connectivity index is 1.48. The Morgan fingerprint density at radius 2 is 0.431 bits per heavy atom. The van der Waals surface area contributed by atoms with E-state index in [2.05, 4.69) is 0 Å². The first kappa shape index (κ1) is 33.7. The van der Waals surface area contributed by atoms with Crippen molar-refractivity contribution in [2.75, 3.05) is 0 Å². The summed E-state index contributed by atoms with van der Waals surface area (Å²) in [5.74, 6) is -6.21. The van der Waals surface area contributed by atoms with Crippen molar-refractivity contribution in [3.63, 3.8) is 0 Å². The van der Waals surface area contributed by atoms with Gasteiger partial charge in [-0.1, -0.05) is 72.8 Å². The molecule has 0 aromatic heterocycles. The minimum Gasteiger partial charge on any atom is -0.207 e. The summed E-state index contributed by atoms with van der Waals surface area (Å²) >= 11 is 0. The van der Waals surface area contributed by atoms with Gasteiger partial charge in [0.2, 0.25) is 0 Å². The maximum atomic E-state index is 15.2. The molecular weight excluding hydrogens is 685 g/mol. The Labute approximate surface area is 288 Å². The molecule has 9 heteroatoms. The fourth-order valence-electron chi connectivity index (χ4n) is 6.67. The lowest BCUT2D eigenvalue weighted by atomic mass is 10.1. The van der Waals surface area contributed by atoms with Crippen LogP contribution in [0.25, 0.3) is 33.4 Å². The van der Waals surface area contributed by atoms with Crippen molar-refractivity contribution in [1.29, 1.82) is 0 Å². The van der Waals surface area contributed by atoms with E-state index in [9.17, 15) is 26.3 Å². The maximum Gasteiger partial charge on any atom is 0.179 e. The highest BCUT2D eigenvalue weighted by molar-refractivity contribution is 7.19. The van der Waals surface area contributed by atoms with Gasteiger partial charge >= 0.3 is 0 Å². The van der Waals surface area contributed by atoms with Gasteiger partial charge in [-0.15, -0.1) is 0 Å². The first-order chi connectivity index (χ1) is 24.5. The van der Waals surface area contributed by atoms with E-state index in [1.165, 1.54) is 48.5 Å². The molecular formula is C42H24F8Si. The minimum atomic E-state index is -3.72. The molecule has 7 rings (SSSR count). The van der Waals surface area contributed by atoms with Gasteiger partial charge in [0.05, 0.1) is 0 Å². The number of hydrogen-bond donors (Lipinski definition) is 0. The van der Waals surface area contributed by atoms with E-state index in [-0.39, 0.29) is 16.7 Å². The van der Waals surface area contributed by atoms with Crippen molar-refractivity contribution in [3.8, 4) is 33.4 Å². The van der Waals surface area contributed by atoms with E-state index in [4.69, 9.17) is 0 Å². The lowest BCUT2D eigenvalue weighted by Crippen LogP contribution is -2.74. The van der Waals surface area contributed by atoms with E-state index in [1.54, 1.807) is 72.8 Å². The van der Waals surface area contributed by atoms with Gasteiger partial charge in [0.25, 0.3) is 0 Å². The van der Waals surface area contributed by atoms with Crippen LogP contribution in [0.2, 0.25) is 0 Å². The van der Waals surface area contributed by atoms with Gasteiger partial charge in [-0.3, -0.25) is 0 Å². The highest BCUT2D eigenvalue weighted by atomic mass is 28.3. The van der Waals surface area contributed by atoms with Crippen molar-refractivity contribution in [3.05, 3.63) is 192 Å². The molecule has 0 fully saturated rings. The zero-order valence-corrected chi connectivity index (χ0v) is 27.4. The van der Waals surface area contributed by atoms with Gasteiger partial charge in [0, 0.05) is 24.3 Å². The zero-order chi connectivity index (χ0) is 35.9. The second-order valence-electron chi connectivity index (χ2n) is 12.1. The third-order valence-electron chi connectivity index (χ3n) is 8.84. The normalized spacial score (nSPS) is 11.5. The Kier molecular flexibility index (Phi) is 8.91. The summed E-state index contributed by atoms with van der Waals surface area (Å²) in [7, 11) is -3.72. The average Bonchev–Trinajstić information content (AvgIpc) is 3.08. The van der Waals surface area contributed by atoms with Gasteiger partial charge < -0.3 is 0 Å². The third kappa shape index (κ3) is 6.72. The number of halogens is 8. The molecule has 0 spiro atoms. The summed E-state index contributed by atoms with van der Waals surface area (Å²) in [6.45, 7) is 0.